The lowest BCUT2D eigenvalue weighted by Crippen LogP contribution is -2.34. The maximum atomic E-state index is 12.8. The van der Waals surface area contributed by atoms with E-state index in [1.807, 2.05) is 31.2 Å². The quantitative estimate of drug-likeness (QED) is 0.592. The zero-order chi connectivity index (χ0) is 19.7. The first kappa shape index (κ1) is 18.8. The van der Waals surface area contributed by atoms with Crippen LogP contribution in [0.2, 0.25) is 10.0 Å². The van der Waals surface area contributed by atoms with E-state index in [1.165, 1.54) is 0 Å². The van der Waals surface area contributed by atoms with Crippen molar-refractivity contribution in [3.8, 4) is 11.4 Å². The van der Waals surface area contributed by atoms with Crippen molar-refractivity contribution in [3.63, 3.8) is 0 Å². The van der Waals surface area contributed by atoms with Gasteiger partial charge >= 0.3 is 6.03 Å². The predicted octanol–water partition coefficient (Wildman–Crippen LogP) is 5.72. The van der Waals surface area contributed by atoms with Crippen LogP contribution in [0.4, 0.5) is 10.5 Å². The molecule has 6 nitrogen and oxygen atoms in total. The number of halogens is 2. The van der Waals surface area contributed by atoms with Crippen molar-refractivity contribution in [3.05, 3.63) is 64.0 Å². The van der Waals surface area contributed by atoms with Crippen LogP contribution in [0.25, 0.3) is 11.4 Å². The average molecular weight is 417 g/mol. The lowest BCUT2D eigenvalue weighted by atomic mass is 10.1. The Bertz CT molecular complexity index is 983. The lowest BCUT2D eigenvalue weighted by molar-refractivity contribution is 0.193. The number of para-hydroxylation sites is 1. The number of likely N-dealkylation sites (tertiary alicyclic amines) is 1. The number of hydrogen-bond acceptors (Lipinski definition) is 4. The summed E-state index contributed by atoms with van der Waals surface area (Å²) in [5.41, 5.74) is 2.43. The van der Waals surface area contributed by atoms with Gasteiger partial charge in [0.1, 0.15) is 6.04 Å². The molecule has 1 saturated heterocycles. The SMILES string of the molecule is Cc1ccc(-c2noc(C3CCCN3C(=O)Nc3c(Cl)cccc3Cl)n2)cc1. The van der Waals surface area contributed by atoms with Gasteiger partial charge in [-0.15, -0.1) is 0 Å². The van der Waals surface area contributed by atoms with Gasteiger partial charge in [-0.1, -0.05) is 64.3 Å². The highest BCUT2D eigenvalue weighted by Crippen LogP contribution is 2.35. The lowest BCUT2D eigenvalue weighted by Gasteiger charge is -2.22. The Morgan fingerprint density at radius 2 is 1.89 bits per heavy atom. The van der Waals surface area contributed by atoms with Gasteiger partial charge in [0.25, 0.3) is 0 Å². The van der Waals surface area contributed by atoms with Gasteiger partial charge in [-0.3, -0.25) is 0 Å². The monoisotopic (exact) mass is 416 g/mol. The molecule has 2 aromatic carbocycles. The molecule has 0 aliphatic carbocycles. The van der Waals surface area contributed by atoms with E-state index < -0.39 is 0 Å². The molecule has 28 heavy (non-hydrogen) atoms. The van der Waals surface area contributed by atoms with Gasteiger partial charge in [-0.2, -0.15) is 4.98 Å². The molecule has 0 spiro atoms. The summed E-state index contributed by atoms with van der Waals surface area (Å²) >= 11 is 12.3. The molecule has 1 aromatic heterocycles. The van der Waals surface area contributed by atoms with E-state index in [1.54, 1.807) is 23.1 Å². The van der Waals surface area contributed by atoms with E-state index in [9.17, 15) is 4.79 Å². The van der Waals surface area contributed by atoms with Crippen LogP contribution in [0.5, 0.6) is 0 Å². The molecular weight excluding hydrogens is 399 g/mol. The van der Waals surface area contributed by atoms with Crippen molar-refractivity contribution in [1.82, 2.24) is 15.0 Å². The number of benzene rings is 2. The van der Waals surface area contributed by atoms with Gasteiger partial charge in [-0.05, 0) is 31.9 Å². The van der Waals surface area contributed by atoms with Gasteiger partial charge in [0.2, 0.25) is 11.7 Å². The average Bonchev–Trinajstić information content (AvgIpc) is 3.34. The molecule has 8 heteroatoms. The Balaban J connectivity index is 1.54. The second-order valence-electron chi connectivity index (χ2n) is 6.70. The molecule has 0 bridgehead atoms. The van der Waals surface area contributed by atoms with Gasteiger partial charge in [0.15, 0.2) is 0 Å². The number of carbonyl (C=O) groups excluding carboxylic acids is 1. The van der Waals surface area contributed by atoms with E-state index in [0.717, 1.165) is 24.0 Å². The summed E-state index contributed by atoms with van der Waals surface area (Å²) in [6.45, 7) is 2.60. The second-order valence-corrected chi connectivity index (χ2v) is 7.51. The van der Waals surface area contributed by atoms with Crippen LogP contribution in [0.1, 0.15) is 30.3 Å². The number of aryl methyl sites for hydroxylation is 1. The van der Waals surface area contributed by atoms with Crippen LogP contribution >= 0.6 is 23.2 Å². The number of aromatic nitrogens is 2. The molecule has 2 heterocycles. The highest BCUT2D eigenvalue weighted by Gasteiger charge is 2.34. The Labute approximate surface area is 172 Å². The molecule has 2 amide bonds. The molecule has 0 saturated carbocycles. The van der Waals surface area contributed by atoms with Crippen molar-refractivity contribution >= 4 is 34.9 Å². The topological polar surface area (TPSA) is 71.3 Å². The maximum Gasteiger partial charge on any atom is 0.322 e. The standard InChI is InChI=1S/C20H18Cl2N4O2/c1-12-7-9-13(10-8-12)18-24-19(28-25-18)16-6-3-11-26(16)20(27)23-17-14(21)4-2-5-15(17)22/h2,4-5,7-10,16H,3,6,11H2,1H3,(H,23,27). The third-order valence-electron chi connectivity index (χ3n) is 4.74. The smallest absolute Gasteiger partial charge is 0.322 e. The summed E-state index contributed by atoms with van der Waals surface area (Å²) < 4.78 is 5.48. The first-order chi connectivity index (χ1) is 13.5. The number of nitrogens with zero attached hydrogens (tertiary/aromatic N) is 3. The summed E-state index contributed by atoms with van der Waals surface area (Å²) in [6, 6.07) is 12.4. The maximum absolute atomic E-state index is 12.8. The molecule has 144 valence electrons. The zero-order valence-corrected chi connectivity index (χ0v) is 16.7. The Kier molecular flexibility index (Phi) is 5.24. The highest BCUT2D eigenvalue weighted by atomic mass is 35.5. The molecule has 1 N–H and O–H groups in total. The Morgan fingerprint density at radius 3 is 2.61 bits per heavy atom. The fraction of sp³-hybridized carbons (Fsp3) is 0.250. The number of rotatable bonds is 3. The number of nitrogens with one attached hydrogen (secondary N) is 1. The van der Waals surface area contributed by atoms with E-state index in [2.05, 4.69) is 15.5 Å². The molecule has 1 unspecified atom stereocenters. The molecular formula is C20H18Cl2N4O2. The molecule has 0 radical (unpaired) electrons. The van der Waals surface area contributed by atoms with Crippen molar-refractivity contribution < 1.29 is 9.32 Å². The fourth-order valence-electron chi connectivity index (χ4n) is 3.25. The summed E-state index contributed by atoms with van der Waals surface area (Å²) in [5, 5.41) is 7.65. The number of amides is 2. The minimum atomic E-state index is -0.299. The highest BCUT2D eigenvalue weighted by molar-refractivity contribution is 6.39. The van der Waals surface area contributed by atoms with Gasteiger partial charge < -0.3 is 14.7 Å². The molecule has 1 aliphatic rings. The third-order valence-corrected chi connectivity index (χ3v) is 5.37. The zero-order valence-electron chi connectivity index (χ0n) is 15.2. The number of hydrogen-bond donors (Lipinski definition) is 1. The fourth-order valence-corrected chi connectivity index (χ4v) is 3.74. The molecule has 1 fully saturated rings. The number of carbonyl (C=O) groups is 1. The first-order valence-corrected chi connectivity index (χ1v) is 9.71. The Morgan fingerprint density at radius 1 is 1.18 bits per heavy atom. The summed E-state index contributed by atoms with van der Waals surface area (Å²) in [7, 11) is 0. The van der Waals surface area contributed by atoms with Gasteiger partial charge in [0.05, 0.1) is 15.7 Å². The largest absolute Gasteiger partial charge is 0.337 e. The van der Waals surface area contributed by atoms with E-state index in [-0.39, 0.29) is 12.1 Å². The van der Waals surface area contributed by atoms with Crippen LogP contribution in [0.15, 0.2) is 47.0 Å². The van der Waals surface area contributed by atoms with Crippen molar-refractivity contribution in [2.45, 2.75) is 25.8 Å². The minimum Gasteiger partial charge on any atom is -0.337 e. The van der Waals surface area contributed by atoms with Crippen LogP contribution in [-0.4, -0.2) is 27.6 Å². The van der Waals surface area contributed by atoms with Crippen molar-refractivity contribution in [2.24, 2.45) is 0 Å². The van der Waals surface area contributed by atoms with E-state index in [0.29, 0.717) is 34.0 Å². The van der Waals surface area contributed by atoms with Crippen LogP contribution in [0, 0.1) is 6.92 Å². The molecule has 3 aromatic rings. The third kappa shape index (κ3) is 3.70. The van der Waals surface area contributed by atoms with Crippen LogP contribution in [-0.2, 0) is 0 Å². The van der Waals surface area contributed by atoms with E-state index in [4.69, 9.17) is 27.7 Å². The Hall–Kier alpha value is -2.57. The number of anilines is 1. The number of urea groups is 1. The van der Waals surface area contributed by atoms with Gasteiger partial charge in [0, 0.05) is 12.1 Å². The van der Waals surface area contributed by atoms with Crippen molar-refractivity contribution in [2.75, 3.05) is 11.9 Å². The summed E-state index contributed by atoms with van der Waals surface area (Å²) in [4.78, 5) is 19.0. The second kappa shape index (κ2) is 7.81. The minimum absolute atomic E-state index is 0.284. The van der Waals surface area contributed by atoms with Crippen LogP contribution < -0.4 is 5.32 Å². The molecule has 4 rings (SSSR count). The predicted molar refractivity (Wildman–Crippen MR) is 109 cm³/mol. The molecule has 1 atom stereocenters. The summed E-state index contributed by atoms with van der Waals surface area (Å²) in [5.74, 6) is 0.935. The normalized spacial score (nSPS) is 16.4. The van der Waals surface area contributed by atoms with E-state index >= 15 is 0 Å². The van der Waals surface area contributed by atoms with Gasteiger partial charge in [-0.25, -0.2) is 4.79 Å². The first-order valence-electron chi connectivity index (χ1n) is 8.95. The summed E-state index contributed by atoms with van der Waals surface area (Å²) in [6.07, 6.45) is 1.59. The van der Waals surface area contributed by atoms with Crippen molar-refractivity contribution in [1.29, 1.82) is 0 Å². The molecule has 1 aliphatic heterocycles. The van der Waals surface area contributed by atoms with Crippen LogP contribution in [0.3, 0.4) is 0 Å².